The topological polar surface area (TPSA) is 0 Å². The monoisotopic (exact) mass is 166 g/mol. The van der Waals surface area contributed by atoms with Gasteiger partial charge in [-0.3, -0.25) is 0 Å². The van der Waals surface area contributed by atoms with Crippen molar-refractivity contribution in [2.24, 2.45) is 0 Å². The fraction of sp³-hybridized carbons (Fsp3) is 0. The highest BCUT2D eigenvalue weighted by molar-refractivity contribution is 9.11. The molecule has 0 aromatic heterocycles. The molecule has 0 aliphatic carbocycles. The first-order chi connectivity index (χ1) is 2.91. The van der Waals surface area contributed by atoms with Gasteiger partial charge in [-0.1, -0.05) is 39.7 Å². The average Bonchev–Trinajstić information content (AvgIpc) is 1.61. The van der Waals surface area contributed by atoms with Crippen LogP contribution in [0.3, 0.4) is 0 Å². The summed E-state index contributed by atoms with van der Waals surface area (Å²) in [4.78, 5) is 1.73. The van der Waals surface area contributed by atoms with Gasteiger partial charge in [0.1, 0.15) is 0 Å². The van der Waals surface area contributed by atoms with Crippen molar-refractivity contribution in [3.63, 3.8) is 0 Å². The van der Waals surface area contributed by atoms with E-state index < -0.39 is 0 Å². The number of hydrogen-bond donors (Lipinski definition) is 0. The van der Waals surface area contributed by atoms with Crippen molar-refractivity contribution >= 4 is 27.5 Å². The molecular formula is C4H4BrCl. The lowest BCUT2D eigenvalue weighted by atomic mass is 10.6. The Morgan fingerprint density at radius 3 is 2.17 bits per heavy atom. The van der Waals surface area contributed by atoms with Crippen molar-refractivity contribution in [2.75, 3.05) is 0 Å². The zero-order valence-corrected chi connectivity index (χ0v) is 5.41. The lowest BCUT2D eigenvalue weighted by molar-refractivity contribution is 2.10. The van der Waals surface area contributed by atoms with E-state index in [0.717, 1.165) is 0 Å². The molecule has 0 N–H and O–H groups in total. The molecule has 0 heterocycles. The molecule has 0 saturated heterocycles. The van der Waals surface area contributed by atoms with E-state index in [2.05, 4.69) is 15.9 Å². The highest BCUT2D eigenvalue weighted by Gasteiger charge is 1.51. The molecule has 0 bridgehead atoms. The van der Waals surface area contributed by atoms with Gasteiger partial charge in [-0.25, -0.2) is 0 Å². The number of allylic oxidation sites excluding steroid dienone is 2. The summed E-state index contributed by atoms with van der Waals surface area (Å²) in [6, 6.07) is 0. The van der Waals surface area contributed by atoms with Gasteiger partial charge in [0.2, 0.25) is 0 Å². The molecular weight excluding hydrogens is 163 g/mol. The van der Waals surface area contributed by atoms with E-state index in [1.54, 1.807) is 17.1 Å². The van der Waals surface area contributed by atoms with E-state index in [-0.39, 0.29) is 0 Å². The van der Waals surface area contributed by atoms with E-state index in [1.807, 2.05) is 0 Å². The first kappa shape index (κ1) is 6.25. The van der Waals surface area contributed by atoms with Crippen molar-refractivity contribution in [3.05, 3.63) is 22.7 Å². The van der Waals surface area contributed by atoms with Gasteiger partial charge < -0.3 is 0 Å². The van der Waals surface area contributed by atoms with Crippen molar-refractivity contribution in [2.45, 2.75) is 0 Å². The van der Waals surface area contributed by atoms with Crippen LogP contribution in [0.5, 0.6) is 0 Å². The van der Waals surface area contributed by atoms with Crippen LogP contribution in [0.15, 0.2) is 22.7 Å². The Hall–Kier alpha value is 0.250. The SMILES string of the molecule is Cl/C=C/C=C\Br. The molecule has 0 aromatic carbocycles. The van der Waals surface area contributed by atoms with Crippen LogP contribution in [0.1, 0.15) is 0 Å². The second-order valence-corrected chi connectivity index (χ2v) is 1.42. The molecule has 0 fully saturated rings. The third-order valence-electron chi connectivity index (χ3n) is 0.257. The molecule has 0 unspecified atom stereocenters. The molecule has 6 heavy (non-hydrogen) atoms. The number of halogens is 2. The van der Waals surface area contributed by atoms with Gasteiger partial charge in [-0.2, -0.15) is 0 Å². The summed E-state index contributed by atoms with van der Waals surface area (Å²) < 4.78 is 0. The fourth-order valence-corrected chi connectivity index (χ4v) is 0.344. The molecule has 0 nitrogen and oxygen atoms in total. The van der Waals surface area contributed by atoms with E-state index in [9.17, 15) is 0 Å². The fourth-order valence-electron chi connectivity index (χ4n) is 0.0840. The first-order valence-corrected chi connectivity index (χ1v) is 2.79. The number of rotatable bonds is 1. The summed E-state index contributed by atoms with van der Waals surface area (Å²) in [6.45, 7) is 0. The average molecular weight is 167 g/mol. The second kappa shape index (κ2) is 5.25. The van der Waals surface area contributed by atoms with E-state index in [0.29, 0.717) is 0 Å². The van der Waals surface area contributed by atoms with Gasteiger partial charge in [0, 0.05) is 5.54 Å². The van der Waals surface area contributed by atoms with Crippen molar-refractivity contribution < 1.29 is 0 Å². The molecule has 0 atom stereocenters. The molecule has 0 aliphatic heterocycles. The summed E-state index contributed by atoms with van der Waals surface area (Å²) in [5.41, 5.74) is 1.44. The third-order valence-corrected chi connectivity index (χ3v) is 0.707. The predicted molar refractivity (Wildman–Crippen MR) is 33.1 cm³/mol. The maximum absolute atomic E-state index is 5.13. The number of hydrogen-bond acceptors (Lipinski definition) is 0. The first-order valence-electron chi connectivity index (χ1n) is 1.44. The maximum Gasteiger partial charge on any atom is 0.00426 e. The lowest BCUT2D eigenvalue weighted by Gasteiger charge is -1.59. The molecule has 0 saturated carbocycles. The summed E-state index contributed by atoms with van der Waals surface area (Å²) in [5.74, 6) is 0. The van der Waals surface area contributed by atoms with Gasteiger partial charge in [0.15, 0.2) is 0 Å². The van der Waals surface area contributed by atoms with Crippen molar-refractivity contribution in [3.8, 4) is 0 Å². The van der Waals surface area contributed by atoms with Crippen LogP contribution in [-0.4, -0.2) is 0 Å². The molecule has 34 valence electrons. The summed E-state index contributed by atoms with van der Waals surface area (Å²) >= 11 is 8.19. The smallest absolute Gasteiger partial charge is 0.00426 e. The Balaban J connectivity index is 3.07. The summed E-state index contributed by atoms with van der Waals surface area (Å²) in [6.07, 6.45) is 3.50. The zero-order chi connectivity index (χ0) is 4.83. The van der Waals surface area contributed by atoms with Crippen molar-refractivity contribution in [1.29, 1.82) is 0 Å². The quantitative estimate of drug-likeness (QED) is 0.527. The normalized spacial score (nSPS) is 11.7. The molecule has 0 amide bonds. The Morgan fingerprint density at radius 1 is 1.33 bits per heavy atom. The van der Waals surface area contributed by atoms with E-state index in [4.69, 9.17) is 11.6 Å². The third kappa shape index (κ3) is 4.25. The molecule has 2 heteroatoms. The Morgan fingerprint density at radius 2 is 2.00 bits per heavy atom. The van der Waals surface area contributed by atoms with Crippen LogP contribution in [-0.2, 0) is 0 Å². The van der Waals surface area contributed by atoms with Gasteiger partial charge >= 0.3 is 0 Å². The summed E-state index contributed by atoms with van der Waals surface area (Å²) in [5, 5.41) is 0. The highest BCUT2D eigenvalue weighted by atomic mass is 79.9. The highest BCUT2D eigenvalue weighted by Crippen LogP contribution is 1.84. The zero-order valence-electron chi connectivity index (χ0n) is 3.07. The standard InChI is InChI=1S/C4H4BrCl/c5-3-1-2-4-6/h1-4H/b3-1-,4-2+. The largest absolute Gasteiger partial charge is 0.0930 e. The summed E-state index contributed by atoms with van der Waals surface area (Å²) in [7, 11) is 0. The molecule has 0 aromatic rings. The van der Waals surface area contributed by atoms with Gasteiger partial charge in [0.25, 0.3) is 0 Å². The van der Waals surface area contributed by atoms with Crippen LogP contribution in [0.25, 0.3) is 0 Å². The minimum absolute atomic E-state index is 1.44. The Labute approximate surface area is 50.6 Å². The van der Waals surface area contributed by atoms with Crippen LogP contribution < -0.4 is 0 Å². The van der Waals surface area contributed by atoms with Crippen LogP contribution in [0, 0.1) is 0 Å². The predicted octanol–water partition coefficient (Wildman–Crippen LogP) is 2.65. The minimum atomic E-state index is 1.44. The van der Waals surface area contributed by atoms with E-state index in [1.165, 1.54) is 5.54 Å². The molecule has 0 aliphatic rings. The molecule has 0 rings (SSSR count). The Bertz CT molecular complexity index is 55.9. The minimum Gasteiger partial charge on any atom is -0.0930 e. The molecule has 0 radical (unpaired) electrons. The maximum atomic E-state index is 5.13. The van der Waals surface area contributed by atoms with Crippen molar-refractivity contribution in [1.82, 2.24) is 0 Å². The Kier molecular flexibility index (Phi) is 5.47. The van der Waals surface area contributed by atoms with Crippen LogP contribution in [0.4, 0.5) is 0 Å². The second-order valence-electron chi connectivity index (χ2n) is 0.637. The van der Waals surface area contributed by atoms with Gasteiger partial charge in [0.05, 0.1) is 0 Å². The van der Waals surface area contributed by atoms with Gasteiger partial charge in [-0.15, -0.1) is 0 Å². The van der Waals surface area contributed by atoms with Crippen LogP contribution >= 0.6 is 27.5 Å². The lowest BCUT2D eigenvalue weighted by Crippen LogP contribution is -1.34. The molecule has 0 spiro atoms. The van der Waals surface area contributed by atoms with Gasteiger partial charge in [-0.05, 0) is 4.99 Å². The van der Waals surface area contributed by atoms with E-state index >= 15 is 0 Å². The van der Waals surface area contributed by atoms with Crippen LogP contribution in [0.2, 0.25) is 0 Å².